The molecule has 0 amide bonds. The van der Waals surface area contributed by atoms with Crippen molar-refractivity contribution >= 4 is 9.52 Å². The fourth-order valence-electron chi connectivity index (χ4n) is 2.81. The molecule has 0 heterocycles. The molecule has 0 saturated carbocycles. The Bertz CT molecular complexity index is 435. The maximum atomic E-state index is 2.21. The first-order valence-corrected chi connectivity index (χ1v) is 11.0. The van der Waals surface area contributed by atoms with Gasteiger partial charge in [0, 0.05) is 9.52 Å². The van der Waals surface area contributed by atoms with Crippen molar-refractivity contribution in [3.8, 4) is 0 Å². The summed E-state index contributed by atoms with van der Waals surface area (Å²) >= 11 is 0. The van der Waals surface area contributed by atoms with E-state index in [1.165, 1.54) is 55.6 Å². The van der Waals surface area contributed by atoms with Crippen molar-refractivity contribution in [2.24, 2.45) is 0 Å². The topological polar surface area (TPSA) is 0 Å². The molecular formula is C22H37F2SiZr. The molecule has 0 aliphatic carbocycles. The summed E-state index contributed by atoms with van der Waals surface area (Å²) in [6.45, 7) is 26.4. The molecule has 0 bridgehead atoms. The zero-order valence-corrected chi connectivity index (χ0v) is 22.4. The van der Waals surface area contributed by atoms with Gasteiger partial charge in [0.15, 0.2) is 0 Å². The number of hydrogen-bond acceptors (Lipinski definition) is 0. The Balaban J connectivity index is -0.000000147. The Morgan fingerprint density at radius 1 is 0.500 bits per heavy atom. The standard InChI is InChI=1S/2C10H15.C2H7Si.2FH.Zr/c2*1-6-7(2)9(4)10(5)8(6)3;1-3-2;;;/h2*1-5H3;3H,1-2H3;2*1H;/q2*-1;;;;+4/p-2. The maximum Gasteiger partial charge on any atom is 4.00 e. The van der Waals surface area contributed by atoms with Crippen molar-refractivity contribution in [2.45, 2.75) is 82.3 Å². The summed E-state index contributed by atoms with van der Waals surface area (Å²) < 4.78 is 0. The summed E-state index contributed by atoms with van der Waals surface area (Å²) in [4.78, 5) is 0. The minimum atomic E-state index is 0. The van der Waals surface area contributed by atoms with E-state index < -0.39 is 0 Å². The number of hydrogen-bond donors (Lipinski definition) is 0. The molecular weight excluding hydrogens is 422 g/mol. The molecule has 2 aromatic carbocycles. The largest absolute Gasteiger partial charge is 4.00 e. The van der Waals surface area contributed by atoms with E-state index in [2.05, 4.69) is 82.3 Å². The van der Waals surface area contributed by atoms with Gasteiger partial charge in [0.25, 0.3) is 0 Å². The summed E-state index contributed by atoms with van der Waals surface area (Å²) in [5, 5.41) is 0. The van der Waals surface area contributed by atoms with Gasteiger partial charge in [-0.25, -0.2) is 0 Å². The van der Waals surface area contributed by atoms with Gasteiger partial charge in [0.1, 0.15) is 0 Å². The van der Waals surface area contributed by atoms with Crippen LogP contribution in [0.15, 0.2) is 0 Å². The number of halogens is 2. The van der Waals surface area contributed by atoms with Gasteiger partial charge in [-0.1, -0.05) is 82.3 Å². The minimum Gasteiger partial charge on any atom is -1.00 e. The average molecular weight is 459 g/mol. The van der Waals surface area contributed by atoms with Crippen LogP contribution in [-0.4, -0.2) is 9.52 Å². The fraction of sp³-hybridized carbons (Fsp3) is 0.545. The van der Waals surface area contributed by atoms with E-state index in [-0.39, 0.29) is 35.6 Å². The Kier molecular flexibility index (Phi) is 18.8. The van der Waals surface area contributed by atoms with E-state index in [4.69, 9.17) is 0 Å². The fourth-order valence-corrected chi connectivity index (χ4v) is 2.81. The molecule has 0 saturated heterocycles. The molecule has 0 fully saturated rings. The zero-order valence-electron chi connectivity index (χ0n) is 18.8. The van der Waals surface area contributed by atoms with Crippen LogP contribution in [0.25, 0.3) is 0 Å². The molecule has 2 aromatic rings. The Morgan fingerprint density at radius 3 is 0.654 bits per heavy atom. The molecule has 1 radical (unpaired) electrons. The van der Waals surface area contributed by atoms with Crippen molar-refractivity contribution in [3.63, 3.8) is 0 Å². The summed E-state index contributed by atoms with van der Waals surface area (Å²) in [5.41, 5.74) is 14.7. The van der Waals surface area contributed by atoms with Gasteiger partial charge >= 0.3 is 26.2 Å². The van der Waals surface area contributed by atoms with Crippen molar-refractivity contribution in [1.82, 2.24) is 0 Å². The summed E-state index contributed by atoms with van der Waals surface area (Å²) in [6, 6.07) is 0. The predicted molar refractivity (Wildman–Crippen MR) is 110 cm³/mol. The average Bonchev–Trinajstić information content (AvgIpc) is 2.80. The van der Waals surface area contributed by atoms with E-state index >= 15 is 0 Å². The molecule has 0 aromatic heterocycles. The number of rotatable bonds is 0. The molecule has 26 heavy (non-hydrogen) atoms. The molecule has 0 atom stereocenters. The predicted octanol–water partition coefficient (Wildman–Crippen LogP) is 0.420. The van der Waals surface area contributed by atoms with Crippen LogP contribution < -0.4 is 9.41 Å². The van der Waals surface area contributed by atoms with Crippen LogP contribution in [0.2, 0.25) is 13.1 Å². The normalized spacial score (nSPS) is 8.77. The second kappa shape index (κ2) is 14.7. The second-order valence-electron chi connectivity index (χ2n) is 6.83. The van der Waals surface area contributed by atoms with Gasteiger partial charge in [0.2, 0.25) is 0 Å². The van der Waals surface area contributed by atoms with Gasteiger partial charge in [-0.3, -0.25) is 0 Å². The molecule has 0 aliphatic heterocycles. The molecule has 0 N–H and O–H groups in total. The molecule has 0 aliphatic rings. The molecule has 0 unspecified atom stereocenters. The van der Waals surface area contributed by atoms with Gasteiger partial charge < -0.3 is 9.41 Å². The monoisotopic (exact) mass is 457 g/mol. The van der Waals surface area contributed by atoms with Crippen molar-refractivity contribution < 1.29 is 35.6 Å². The Hall–Kier alpha value is -0.340. The van der Waals surface area contributed by atoms with Gasteiger partial charge in [0.05, 0.1) is 0 Å². The first kappa shape index (κ1) is 33.3. The Labute approximate surface area is 182 Å². The molecule has 0 nitrogen and oxygen atoms in total. The van der Waals surface area contributed by atoms with Crippen LogP contribution >= 0.6 is 0 Å². The molecule has 0 spiro atoms. The summed E-state index contributed by atoms with van der Waals surface area (Å²) in [7, 11) is 0.750. The van der Waals surface area contributed by atoms with Crippen molar-refractivity contribution in [2.75, 3.05) is 0 Å². The maximum absolute atomic E-state index is 2.21. The smallest absolute Gasteiger partial charge is 1.00 e. The Morgan fingerprint density at radius 2 is 0.615 bits per heavy atom. The van der Waals surface area contributed by atoms with Crippen molar-refractivity contribution in [3.05, 3.63) is 55.6 Å². The van der Waals surface area contributed by atoms with Crippen molar-refractivity contribution in [1.29, 1.82) is 0 Å². The zero-order chi connectivity index (χ0) is 18.5. The van der Waals surface area contributed by atoms with Gasteiger partial charge in [-0.05, 0) is 0 Å². The quantitative estimate of drug-likeness (QED) is 0.397. The van der Waals surface area contributed by atoms with Gasteiger partial charge in [-0.15, -0.1) is 0 Å². The molecule has 147 valence electrons. The first-order chi connectivity index (χ1) is 10.5. The second-order valence-corrected chi connectivity index (χ2v) is 7.98. The third-order valence-electron chi connectivity index (χ3n) is 5.62. The van der Waals surface area contributed by atoms with E-state index in [1.807, 2.05) is 0 Å². The molecule has 4 heteroatoms. The minimum absolute atomic E-state index is 0. The van der Waals surface area contributed by atoms with Crippen LogP contribution in [-0.2, 0) is 26.2 Å². The third-order valence-corrected chi connectivity index (χ3v) is 5.62. The van der Waals surface area contributed by atoms with E-state index in [9.17, 15) is 0 Å². The first-order valence-electron chi connectivity index (χ1n) is 8.65. The van der Waals surface area contributed by atoms with Crippen LogP contribution in [0.1, 0.15) is 55.6 Å². The summed E-state index contributed by atoms with van der Waals surface area (Å²) in [6.07, 6.45) is 0. The SMILES string of the molecule is C[SiH]C.Cc1c(C)c(C)[c-](C)c1C.Cc1c(C)c(C)[c-](C)c1C.[F-].[F-].[Zr+4]. The third kappa shape index (κ3) is 7.72. The van der Waals surface area contributed by atoms with E-state index in [1.54, 1.807) is 0 Å². The van der Waals surface area contributed by atoms with Crippen LogP contribution in [0.3, 0.4) is 0 Å². The van der Waals surface area contributed by atoms with Crippen LogP contribution in [0, 0.1) is 69.2 Å². The van der Waals surface area contributed by atoms with Gasteiger partial charge in [-0.2, -0.15) is 55.6 Å². The van der Waals surface area contributed by atoms with E-state index in [0.717, 1.165) is 9.52 Å². The van der Waals surface area contributed by atoms with Crippen LogP contribution in [0.4, 0.5) is 0 Å². The van der Waals surface area contributed by atoms with Crippen LogP contribution in [0.5, 0.6) is 0 Å². The van der Waals surface area contributed by atoms with E-state index in [0.29, 0.717) is 0 Å². The summed E-state index contributed by atoms with van der Waals surface area (Å²) in [5.74, 6) is 0. The molecule has 2 rings (SSSR count).